The van der Waals surface area contributed by atoms with Crippen LogP contribution in [0.5, 0.6) is 11.5 Å². The molecule has 0 bridgehead atoms. The van der Waals surface area contributed by atoms with Crippen LogP contribution in [0.2, 0.25) is 0 Å². The Morgan fingerprint density at radius 3 is 2.97 bits per heavy atom. The molecule has 32 heavy (non-hydrogen) atoms. The van der Waals surface area contributed by atoms with Crippen molar-refractivity contribution >= 4 is 16.9 Å². The lowest BCUT2D eigenvalue weighted by Gasteiger charge is -2.31. The molecule has 2 aliphatic heterocycles. The number of nitrogens with zero attached hydrogens (tertiary/aromatic N) is 5. The average molecular weight is 431 g/mol. The summed E-state index contributed by atoms with van der Waals surface area (Å²) >= 11 is 0. The van der Waals surface area contributed by atoms with E-state index >= 15 is 0 Å². The molecule has 0 spiro atoms. The summed E-state index contributed by atoms with van der Waals surface area (Å²) in [6.45, 7) is 1.77. The Morgan fingerprint density at radius 1 is 1.09 bits per heavy atom. The highest BCUT2D eigenvalue weighted by molar-refractivity contribution is 5.80. The Kier molecular flexibility index (Phi) is 4.52. The van der Waals surface area contributed by atoms with Crippen molar-refractivity contribution in [1.29, 1.82) is 0 Å². The van der Waals surface area contributed by atoms with Crippen molar-refractivity contribution in [3.05, 3.63) is 54.7 Å². The molecule has 1 atom stereocenters. The molecule has 0 saturated carbocycles. The van der Waals surface area contributed by atoms with Gasteiger partial charge in [-0.25, -0.2) is 4.98 Å². The summed E-state index contributed by atoms with van der Waals surface area (Å²) in [5, 5.41) is 8.50. The average Bonchev–Trinajstić information content (AvgIpc) is 3.58. The second-order valence-electron chi connectivity index (χ2n) is 8.05. The molecule has 2 aliphatic rings. The third-order valence-corrected chi connectivity index (χ3v) is 6.02. The van der Waals surface area contributed by atoms with Gasteiger partial charge in [-0.3, -0.25) is 4.79 Å². The van der Waals surface area contributed by atoms with E-state index in [2.05, 4.69) is 15.2 Å². The molecule has 4 aromatic rings. The molecule has 2 aromatic heterocycles. The molecular formula is C23H21N5O4. The zero-order chi connectivity index (χ0) is 21.5. The molecule has 1 saturated heterocycles. The van der Waals surface area contributed by atoms with Crippen LogP contribution >= 0.6 is 0 Å². The number of fused-ring (bicyclic) bond motifs is 2. The van der Waals surface area contributed by atoms with E-state index in [0.29, 0.717) is 29.8 Å². The molecule has 162 valence electrons. The van der Waals surface area contributed by atoms with Gasteiger partial charge in [0.05, 0.1) is 23.3 Å². The number of ether oxygens (including phenoxy) is 2. The summed E-state index contributed by atoms with van der Waals surface area (Å²) in [7, 11) is 0. The SMILES string of the molecule is O=C(Cn1cnc2ccccc21)N1CCCC(c2nnc(-c3ccc4c(c3)OCO4)o2)C1. The molecule has 1 unspecified atom stereocenters. The van der Waals surface area contributed by atoms with E-state index in [9.17, 15) is 4.79 Å². The van der Waals surface area contributed by atoms with Crippen molar-refractivity contribution in [3.8, 4) is 23.0 Å². The molecule has 0 radical (unpaired) electrons. The van der Waals surface area contributed by atoms with E-state index in [0.717, 1.165) is 36.0 Å². The van der Waals surface area contributed by atoms with Gasteiger partial charge in [0.1, 0.15) is 6.54 Å². The second-order valence-corrected chi connectivity index (χ2v) is 8.05. The third-order valence-electron chi connectivity index (χ3n) is 6.02. The highest BCUT2D eigenvalue weighted by Gasteiger charge is 2.29. The fraction of sp³-hybridized carbons (Fsp3) is 0.304. The highest BCUT2D eigenvalue weighted by atomic mass is 16.7. The standard InChI is InChI=1S/C23H21N5O4/c29-21(12-28-13-24-17-5-1-2-6-18(17)28)27-9-3-4-16(11-27)23-26-25-22(32-23)15-7-8-19-20(10-15)31-14-30-19/h1-2,5-8,10,13,16H,3-4,9,11-12,14H2. The second kappa shape index (κ2) is 7.67. The smallest absolute Gasteiger partial charge is 0.247 e. The quantitative estimate of drug-likeness (QED) is 0.490. The Bertz CT molecular complexity index is 1300. The van der Waals surface area contributed by atoms with E-state index in [1.165, 1.54) is 0 Å². The van der Waals surface area contributed by atoms with Crippen molar-refractivity contribution in [3.63, 3.8) is 0 Å². The number of aromatic nitrogens is 4. The van der Waals surface area contributed by atoms with Crippen LogP contribution in [-0.2, 0) is 11.3 Å². The van der Waals surface area contributed by atoms with Crippen LogP contribution in [0.3, 0.4) is 0 Å². The maximum atomic E-state index is 13.0. The first-order valence-electron chi connectivity index (χ1n) is 10.7. The fourth-order valence-electron chi connectivity index (χ4n) is 4.33. The van der Waals surface area contributed by atoms with Gasteiger partial charge in [0.25, 0.3) is 0 Å². The van der Waals surface area contributed by atoms with Crippen LogP contribution in [0.1, 0.15) is 24.7 Å². The monoisotopic (exact) mass is 431 g/mol. The zero-order valence-corrected chi connectivity index (χ0v) is 17.3. The molecule has 0 aliphatic carbocycles. The Labute approximate surface area is 183 Å². The highest BCUT2D eigenvalue weighted by Crippen LogP contribution is 2.36. The van der Waals surface area contributed by atoms with Crippen LogP contribution in [0.15, 0.2) is 53.2 Å². The maximum absolute atomic E-state index is 13.0. The van der Waals surface area contributed by atoms with Gasteiger partial charge in [0, 0.05) is 18.7 Å². The fourth-order valence-corrected chi connectivity index (χ4v) is 4.33. The maximum Gasteiger partial charge on any atom is 0.247 e. The number of para-hydroxylation sites is 2. The van der Waals surface area contributed by atoms with E-state index < -0.39 is 0 Å². The van der Waals surface area contributed by atoms with Crippen LogP contribution in [-0.4, -0.2) is 50.4 Å². The number of benzene rings is 2. The minimum Gasteiger partial charge on any atom is -0.454 e. The van der Waals surface area contributed by atoms with Crippen molar-refractivity contribution in [1.82, 2.24) is 24.6 Å². The van der Waals surface area contributed by atoms with Gasteiger partial charge in [-0.2, -0.15) is 0 Å². The molecule has 9 nitrogen and oxygen atoms in total. The number of carbonyl (C=O) groups is 1. The molecule has 9 heteroatoms. The largest absolute Gasteiger partial charge is 0.454 e. The van der Waals surface area contributed by atoms with Gasteiger partial charge < -0.3 is 23.4 Å². The summed E-state index contributed by atoms with van der Waals surface area (Å²) in [6, 6.07) is 13.4. The number of imidazole rings is 1. The number of hydrogen-bond acceptors (Lipinski definition) is 7. The van der Waals surface area contributed by atoms with E-state index in [1.54, 1.807) is 6.33 Å². The summed E-state index contributed by atoms with van der Waals surface area (Å²) in [5.74, 6) is 2.45. The van der Waals surface area contributed by atoms with Gasteiger partial charge in [0.2, 0.25) is 24.5 Å². The minimum absolute atomic E-state index is 0.0162. The van der Waals surface area contributed by atoms with E-state index in [4.69, 9.17) is 13.9 Å². The van der Waals surface area contributed by atoms with Crippen molar-refractivity contribution < 1.29 is 18.7 Å². The summed E-state index contributed by atoms with van der Waals surface area (Å²) in [5.41, 5.74) is 2.63. The Morgan fingerprint density at radius 2 is 2.00 bits per heavy atom. The number of carbonyl (C=O) groups excluding carboxylic acids is 1. The Hall–Kier alpha value is -3.88. The van der Waals surface area contributed by atoms with Crippen molar-refractivity contribution in [2.75, 3.05) is 19.9 Å². The van der Waals surface area contributed by atoms with Gasteiger partial charge in [-0.15, -0.1) is 10.2 Å². The lowest BCUT2D eigenvalue weighted by Crippen LogP contribution is -2.40. The summed E-state index contributed by atoms with van der Waals surface area (Å²) in [6.07, 6.45) is 3.52. The van der Waals surface area contributed by atoms with Crippen LogP contribution in [0, 0.1) is 0 Å². The first-order valence-corrected chi connectivity index (χ1v) is 10.7. The molecular weight excluding hydrogens is 410 g/mol. The molecule has 0 N–H and O–H groups in total. The van der Waals surface area contributed by atoms with Gasteiger partial charge in [0.15, 0.2) is 11.5 Å². The zero-order valence-electron chi connectivity index (χ0n) is 17.3. The molecule has 6 rings (SSSR count). The number of hydrogen-bond donors (Lipinski definition) is 0. The number of piperidine rings is 1. The van der Waals surface area contributed by atoms with E-state index in [1.807, 2.05) is 51.9 Å². The first kappa shape index (κ1) is 18.9. The van der Waals surface area contributed by atoms with Crippen LogP contribution in [0.4, 0.5) is 0 Å². The minimum atomic E-state index is 0.0162. The van der Waals surface area contributed by atoms with Gasteiger partial charge in [-0.05, 0) is 43.2 Å². The summed E-state index contributed by atoms with van der Waals surface area (Å²) in [4.78, 5) is 19.3. The van der Waals surface area contributed by atoms with Crippen LogP contribution in [0.25, 0.3) is 22.5 Å². The lowest BCUT2D eigenvalue weighted by atomic mass is 9.98. The summed E-state index contributed by atoms with van der Waals surface area (Å²) < 4.78 is 18.7. The normalized spacial score (nSPS) is 17.8. The third kappa shape index (κ3) is 3.35. The molecule has 2 aromatic carbocycles. The number of likely N-dealkylation sites (tertiary alicyclic amines) is 1. The van der Waals surface area contributed by atoms with Gasteiger partial charge in [-0.1, -0.05) is 12.1 Å². The van der Waals surface area contributed by atoms with Crippen molar-refractivity contribution in [2.24, 2.45) is 0 Å². The molecule has 1 amide bonds. The lowest BCUT2D eigenvalue weighted by molar-refractivity contribution is -0.133. The predicted octanol–water partition coefficient (Wildman–Crippen LogP) is 3.22. The molecule has 1 fully saturated rings. The van der Waals surface area contributed by atoms with Crippen molar-refractivity contribution in [2.45, 2.75) is 25.3 Å². The predicted molar refractivity (Wildman–Crippen MR) is 114 cm³/mol. The van der Waals surface area contributed by atoms with E-state index in [-0.39, 0.29) is 25.2 Å². The molecule has 4 heterocycles. The Balaban J connectivity index is 1.16. The number of rotatable bonds is 4. The topological polar surface area (TPSA) is 95.5 Å². The van der Waals surface area contributed by atoms with Gasteiger partial charge >= 0.3 is 0 Å². The first-order chi connectivity index (χ1) is 15.7. The number of amides is 1. The van der Waals surface area contributed by atoms with Crippen LogP contribution < -0.4 is 9.47 Å².